The third-order valence-corrected chi connectivity index (χ3v) is 4.85. The summed E-state index contributed by atoms with van der Waals surface area (Å²) < 4.78 is 42.6. The van der Waals surface area contributed by atoms with Crippen molar-refractivity contribution in [2.24, 2.45) is 0 Å². The van der Waals surface area contributed by atoms with Gasteiger partial charge in [-0.3, -0.25) is 14.2 Å². The monoisotopic (exact) mass is 483 g/mol. The van der Waals surface area contributed by atoms with Crippen molar-refractivity contribution in [1.29, 1.82) is 0 Å². The molecule has 6 nitrogen and oxygen atoms in total. The fourth-order valence-electron chi connectivity index (χ4n) is 2.87. The van der Waals surface area contributed by atoms with Crippen LogP contribution in [0.4, 0.5) is 13.2 Å². The zero-order chi connectivity index (χ0) is 21.9. The molecule has 0 radical (unpaired) electrons. The molecular formula is C20H17BrF3N3O3. The number of nitrogens with zero attached hydrogens (tertiary/aromatic N) is 2. The highest BCUT2D eigenvalue weighted by Gasteiger charge is 2.31. The first kappa shape index (κ1) is 21.8. The van der Waals surface area contributed by atoms with E-state index in [4.69, 9.17) is 0 Å². The Kier molecular flexibility index (Phi) is 6.45. The number of carbonyl (C=O) groups excluding carboxylic acids is 1. The minimum absolute atomic E-state index is 0.0424. The second-order valence-electron chi connectivity index (χ2n) is 6.56. The number of hydrogen-bond donors (Lipinski definition) is 1. The highest BCUT2D eigenvalue weighted by Crippen LogP contribution is 2.24. The van der Waals surface area contributed by atoms with Crippen LogP contribution in [0.2, 0.25) is 0 Å². The van der Waals surface area contributed by atoms with Gasteiger partial charge in [0.05, 0.1) is 23.3 Å². The van der Waals surface area contributed by atoms with Gasteiger partial charge in [0.2, 0.25) is 5.91 Å². The zero-order valence-electron chi connectivity index (χ0n) is 15.7. The Morgan fingerprint density at radius 1 is 1.23 bits per heavy atom. The molecule has 1 unspecified atom stereocenters. The molecule has 1 aromatic heterocycles. The number of carbonyl (C=O) groups is 1. The van der Waals surface area contributed by atoms with E-state index < -0.39 is 12.4 Å². The Morgan fingerprint density at radius 3 is 2.60 bits per heavy atom. The minimum Gasteiger partial charge on any atom is -0.406 e. The highest BCUT2D eigenvalue weighted by molar-refractivity contribution is 9.10. The predicted molar refractivity (Wildman–Crippen MR) is 108 cm³/mol. The van der Waals surface area contributed by atoms with Crippen LogP contribution in [0.3, 0.4) is 0 Å². The lowest BCUT2D eigenvalue weighted by Gasteiger charge is -2.16. The molecule has 158 valence electrons. The van der Waals surface area contributed by atoms with Gasteiger partial charge in [0.15, 0.2) is 0 Å². The van der Waals surface area contributed by atoms with Crippen LogP contribution in [-0.2, 0) is 11.3 Å². The van der Waals surface area contributed by atoms with Crippen LogP contribution >= 0.6 is 15.9 Å². The summed E-state index contributed by atoms with van der Waals surface area (Å²) in [6, 6.07) is 10.0. The molecule has 30 heavy (non-hydrogen) atoms. The molecule has 0 fully saturated rings. The number of nitrogens with one attached hydrogen (secondary N) is 1. The second-order valence-corrected chi connectivity index (χ2v) is 7.48. The van der Waals surface area contributed by atoms with E-state index in [1.165, 1.54) is 35.2 Å². The first-order chi connectivity index (χ1) is 14.1. The molecule has 1 atom stereocenters. The van der Waals surface area contributed by atoms with Gasteiger partial charge in [-0.05, 0) is 42.8 Å². The average molecular weight is 484 g/mol. The van der Waals surface area contributed by atoms with E-state index in [1.54, 1.807) is 25.1 Å². The molecule has 0 saturated carbocycles. The van der Waals surface area contributed by atoms with Crippen LogP contribution < -0.4 is 15.6 Å². The number of aryl methyl sites for hydroxylation is 1. The summed E-state index contributed by atoms with van der Waals surface area (Å²) in [6.07, 6.45) is -3.32. The molecule has 0 aliphatic rings. The number of benzene rings is 2. The number of rotatable bonds is 6. The van der Waals surface area contributed by atoms with E-state index in [0.29, 0.717) is 16.5 Å². The van der Waals surface area contributed by atoms with Crippen LogP contribution in [0, 0.1) is 0 Å². The molecule has 0 aliphatic heterocycles. The SMILES string of the molecule is CC(NC(=O)CCn1cnc2ccc(Br)cc2c1=O)c1ccc(OC(F)(F)F)cc1. The van der Waals surface area contributed by atoms with Gasteiger partial charge in [-0.1, -0.05) is 28.1 Å². The number of amides is 1. The molecule has 3 rings (SSSR count). The smallest absolute Gasteiger partial charge is 0.406 e. The summed E-state index contributed by atoms with van der Waals surface area (Å²) in [6.45, 7) is 1.85. The molecule has 1 heterocycles. The van der Waals surface area contributed by atoms with E-state index in [0.717, 1.165) is 4.47 Å². The molecule has 1 amide bonds. The van der Waals surface area contributed by atoms with Gasteiger partial charge in [0.1, 0.15) is 5.75 Å². The lowest BCUT2D eigenvalue weighted by atomic mass is 10.1. The number of alkyl halides is 3. The Morgan fingerprint density at radius 2 is 1.93 bits per heavy atom. The predicted octanol–water partition coefficient (Wildman–Crippen LogP) is 4.33. The summed E-state index contributed by atoms with van der Waals surface area (Å²) in [5, 5.41) is 3.20. The molecule has 0 aliphatic carbocycles. The maximum Gasteiger partial charge on any atom is 0.573 e. The van der Waals surface area contributed by atoms with E-state index in [2.05, 4.69) is 31.0 Å². The lowest BCUT2D eigenvalue weighted by molar-refractivity contribution is -0.274. The Labute approximate surface area is 177 Å². The van der Waals surface area contributed by atoms with Gasteiger partial charge < -0.3 is 10.1 Å². The summed E-state index contributed by atoms with van der Waals surface area (Å²) in [5.74, 6) is -0.640. The number of fused-ring (bicyclic) bond motifs is 1. The lowest BCUT2D eigenvalue weighted by Crippen LogP contribution is -2.29. The van der Waals surface area contributed by atoms with Gasteiger partial charge >= 0.3 is 6.36 Å². The highest BCUT2D eigenvalue weighted by atomic mass is 79.9. The second kappa shape index (κ2) is 8.86. The molecule has 2 aromatic carbocycles. The van der Waals surface area contributed by atoms with Crippen molar-refractivity contribution in [3.05, 3.63) is 69.2 Å². The largest absolute Gasteiger partial charge is 0.573 e. The van der Waals surface area contributed by atoms with Gasteiger partial charge in [-0.25, -0.2) is 4.98 Å². The molecule has 3 aromatic rings. The van der Waals surface area contributed by atoms with Crippen molar-refractivity contribution in [2.75, 3.05) is 0 Å². The van der Waals surface area contributed by atoms with E-state index >= 15 is 0 Å². The zero-order valence-corrected chi connectivity index (χ0v) is 17.3. The quantitative estimate of drug-likeness (QED) is 0.566. The van der Waals surface area contributed by atoms with Crippen LogP contribution in [0.15, 0.2) is 58.1 Å². The van der Waals surface area contributed by atoms with Crippen molar-refractivity contribution in [3.8, 4) is 5.75 Å². The molecule has 0 saturated heterocycles. The third-order valence-electron chi connectivity index (χ3n) is 4.36. The van der Waals surface area contributed by atoms with Gasteiger partial charge in [-0.15, -0.1) is 13.2 Å². The van der Waals surface area contributed by atoms with Crippen molar-refractivity contribution in [2.45, 2.75) is 32.3 Å². The van der Waals surface area contributed by atoms with Crippen molar-refractivity contribution < 1.29 is 22.7 Å². The summed E-state index contributed by atoms with van der Waals surface area (Å²) in [4.78, 5) is 29.0. The minimum atomic E-state index is -4.76. The summed E-state index contributed by atoms with van der Waals surface area (Å²) in [7, 11) is 0. The summed E-state index contributed by atoms with van der Waals surface area (Å²) >= 11 is 3.32. The molecule has 0 spiro atoms. The van der Waals surface area contributed by atoms with Gasteiger partial charge in [-0.2, -0.15) is 0 Å². The van der Waals surface area contributed by atoms with Crippen molar-refractivity contribution in [3.63, 3.8) is 0 Å². The number of aromatic nitrogens is 2. The Balaban J connectivity index is 1.60. The van der Waals surface area contributed by atoms with Crippen molar-refractivity contribution in [1.82, 2.24) is 14.9 Å². The fourth-order valence-corrected chi connectivity index (χ4v) is 3.23. The molecule has 10 heteroatoms. The fraction of sp³-hybridized carbons (Fsp3) is 0.250. The maximum atomic E-state index is 12.5. The Hall–Kier alpha value is -2.88. The molecular weight excluding hydrogens is 467 g/mol. The number of halogens is 4. The normalized spacial score (nSPS) is 12.6. The third kappa shape index (κ3) is 5.59. The van der Waals surface area contributed by atoms with E-state index in [1.807, 2.05) is 0 Å². The first-order valence-corrected chi connectivity index (χ1v) is 9.71. The van der Waals surface area contributed by atoms with Crippen LogP contribution in [-0.4, -0.2) is 21.8 Å². The maximum absolute atomic E-state index is 12.5. The molecule has 0 bridgehead atoms. The van der Waals surface area contributed by atoms with E-state index in [-0.39, 0.29) is 30.2 Å². The first-order valence-electron chi connectivity index (χ1n) is 8.92. The summed E-state index contributed by atoms with van der Waals surface area (Å²) in [5.41, 5.74) is 0.935. The number of ether oxygens (including phenoxy) is 1. The molecule has 1 N–H and O–H groups in total. The van der Waals surface area contributed by atoms with Crippen LogP contribution in [0.25, 0.3) is 10.9 Å². The topological polar surface area (TPSA) is 73.2 Å². The van der Waals surface area contributed by atoms with E-state index in [9.17, 15) is 22.8 Å². The van der Waals surface area contributed by atoms with Crippen LogP contribution in [0.5, 0.6) is 5.75 Å². The van der Waals surface area contributed by atoms with Crippen LogP contribution in [0.1, 0.15) is 24.9 Å². The van der Waals surface area contributed by atoms with Gasteiger partial charge in [0, 0.05) is 17.4 Å². The van der Waals surface area contributed by atoms with Crippen molar-refractivity contribution >= 4 is 32.7 Å². The van der Waals surface area contributed by atoms with Gasteiger partial charge in [0.25, 0.3) is 5.56 Å². The Bertz CT molecular complexity index is 1110. The number of hydrogen-bond acceptors (Lipinski definition) is 4. The average Bonchev–Trinajstić information content (AvgIpc) is 2.67. The standard InChI is InChI=1S/C20H17BrF3N3O3/c1-12(13-2-5-15(6-3-13)30-20(22,23)24)26-18(28)8-9-27-11-25-17-7-4-14(21)10-16(17)19(27)29/h2-7,10-12H,8-9H2,1H3,(H,26,28).